The van der Waals surface area contributed by atoms with E-state index in [9.17, 15) is 9.90 Å². The topological polar surface area (TPSA) is 61.8 Å². The molecule has 1 atom stereocenters. The van der Waals surface area contributed by atoms with Crippen LogP contribution in [0.3, 0.4) is 0 Å². The van der Waals surface area contributed by atoms with Gasteiger partial charge in [0.05, 0.1) is 12.7 Å². The molecule has 0 saturated carbocycles. The summed E-state index contributed by atoms with van der Waals surface area (Å²) in [6, 6.07) is 3.55. The number of phenols is 1. The average Bonchev–Trinajstić information content (AvgIpc) is 2.91. The van der Waals surface area contributed by atoms with Crippen molar-refractivity contribution >= 4 is 21.8 Å². The standard InChI is InChI=1S/C15H21BrN2O3/c1-3-18-6-4-5-11(18)9-17-15(20)12-7-10(16)8-13(19)14(12)21-2/h7-8,11,19H,3-6,9H2,1-2H3,(H,17,20). The van der Waals surface area contributed by atoms with Gasteiger partial charge in [-0.2, -0.15) is 0 Å². The van der Waals surface area contributed by atoms with Gasteiger partial charge in [-0.05, 0) is 38.1 Å². The van der Waals surface area contributed by atoms with Crippen LogP contribution in [0.15, 0.2) is 16.6 Å². The number of methoxy groups -OCH3 is 1. The molecule has 1 saturated heterocycles. The van der Waals surface area contributed by atoms with Crippen LogP contribution < -0.4 is 10.1 Å². The first-order valence-corrected chi connectivity index (χ1v) is 7.94. The Labute approximate surface area is 133 Å². The summed E-state index contributed by atoms with van der Waals surface area (Å²) in [7, 11) is 1.44. The number of amides is 1. The zero-order valence-electron chi connectivity index (χ0n) is 12.4. The number of hydrogen-bond acceptors (Lipinski definition) is 4. The Hall–Kier alpha value is -1.27. The molecule has 1 amide bonds. The Morgan fingerprint density at radius 3 is 3.00 bits per heavy atom. The van der Waals surface area contributed by atoms with Crippen LogP contribution in [-0.4, -0.2) is 48.7 Å². The summed E-state index contributed by atoms with van der Waals surface area (Å²) in [5.74, 6) is -0.0750. The third kappa shape index (κ3) is 3.68. The predicted octanol–water partition coefficient (Wildman–Crippen LogP) is 2.38. The lowest BCUT2D eigenvalue weighted by Gasteiger charge is -2.23. The normalized spacial score (nSPS) is 18.7. The molecule has 1 aromatic rings. The first-order valence-electron chi connectivity index (χ1n) is 7.15. The van der Waals surface area contributed by atoms with Gasteiger partial charge in [0, 0.05) is 17.1 Å². The van der Waals surface area contributed by atoms with E-state index in [2.05, 4.69) is 33.1 Å². The van der Waals surface area contributed by atoms with Crippen LogP contribution in [0, 0.1) is 0 Å². The second-order valence-electron chi connectivity index (χ2n) is 5.14. The summed E-state index contributed by atoms with van der Waals surface area (Å²) >= 11 is 3.28. The smallest absolute Gasteiger partial charge is 0.255 e. The Kier molecular flexibility index (Phi) is 5.47. The summed E-state index contributed by atoms with van der Waals surface area (Å²) < 4.78 is 5.77. The van der Waals surface area contributed by atoms with Gasteiger partial charge in [0.25, 0.3) is 5.91 Å². The first-order chi connectivity index (χ1) is 10.1. The van der Waals surface area contributed by atoms with E-state index >= 15 is 0 Å². The van der Waals surface area contributed by atoms with Crippen LogP contribution in [0.5, 0.6) is 11.5 Å². The lowest BCUT2D eigenvalue weighted by atomic mass is 10.1. The molecule has 0 bridgehead atoms. The zero-order chi connectivity index (χ0) is 15.4. The van der Waals surface area contributed by atoms with E-state index < -0.39 is 0 Å². The maximum Gasteiger partial charge on any atom is 0.255 e. The maximum absolute atomic E-state index is 12.3. The summed E-state index contributed by atoms with van der Waals surface area (Å²) in [5.41, 5.74) is 0.338. The van der Waals surface area contributed by atoms with Crippen molar-refractivity contribution in [3.05, 3.63) is 22.2 Å². The Bertz CT molecular complexity index is 522. The molecule has 0 radical (unpaired) electrons. The number of phenolic OH excluding ortho intramolecular Hbond substituents is 1. The van der Waals surface area contributed by atoms with Gasteiger partial charge < -0.3 is 15.2 Å². The lowest BCUT2D eigenvalue weighted by molar-refractivity contribution is 0.0937. The number of nitrogens with one attached hydrogen (secondary N) is 1. The summed E-state index contributed by atoms with van der Waals surface area (Å²) in [6.07, 6.45) is 2.28. The molecule has 2 N–H and O–H groups in total. The number of ether oxygens (including phenoxy) is 1. The fraction of sp³-hybridized carbons (Fsp3) is 0.533. The third-order valence-electron chi connectivity index (χ3n) is 3.89. The van der Waals surface area contributed by atoms with Gasteiger partial charge in [-0.3, -0.25) is 9.69 Å². The number of likely N-dealkylation sites (N-methyl/N-ethyl adjacent to an activating group) is 1. The van der Waals surface area contributed by atoms with Gasteiger partial charge in [0.2, 0.25) is 0 Å². The third-order valence-corrected chi connectivity index (χ3v) is 4.34. The average molecular weight is 357 g/mol. The minimum absolute atomic E-state index is 0.0481. The van der Waals surface area contributed by atoms with Crippen LogP contribution in [-0.2, 0) is 0 Å². The Morgan fingerprint density at radius 1 is 1.57 bits per heavy atom. The van der Waals surface area contributed by atoms with Crippen molar-refractivity contribution in [2.75, 3.05) is 26.7 Å². The van der Waals surface area contributed by atoms with E-state index in [1.165, 1.54) is 19.6 Å². The summed E-state index contributed by atoms with van der Waals surface area (Å²) in [4.78, 5) is 14.7. The fourth-order valence-corrected chi connectivity index (χ4v) is 3.26. The van der Waals surface area contributed by atoms with Crippen LogP contribution >= 0.6 is 15.9 Å². The van der Waals surface area contributed by atoms with Crippen molar-refractivity contribution in [3.8, 4) is 11.5 Å². The molecule has 2 rings (SSSR count). The molecule has 1 fully saturated rings. The molecule has 0 spiro atoms. The lowest BCUT2D eigenvalue weighted by Crippen LogP contribution is -2.40. The van der Waals surface area contributed by atoms with Crippen LogP contribution in [0.2, 0.25) is 0 Å². The largest absolute Gasteiger partial charge is 0.504 e. The number of carbonyl (C=O) groups excluding carboxylic acids is 1. The highest BCUT2D eigenvalue weighted by Crippen LogP contribution is 2.33. The van der Waals surface area contributed by atoms with Crippen LogP contribution in [0.1, 0.15) is 30.1 Å². The van der Waals surface area contributed by atoms with E-state index in [-0.39, 0.29) is 17.4 Å². The van der Waals surface area contributed by atoms with Crippen molar-refractivity contribution in [1.82, 2.24) is 10.2 Å². The molecular weight excluding hydrogens is 336 g/mol. The number of carbonyl (C=O) groups is 1. The minimum Gasteiger partial charge on any atom is -0.504 e. The van der Waals surface area contributed by atoms with E-state index in [0.29, 0.717) is 22.6 Å². The minimum atomic E-state index is -0.230. The molecule has 0 aromatic heterocycles. The molecule has 21 heavy (non-hydrogen) atoms. The first kappa shape index (κ1) is 16.1. The Balaban J connectivity index is 2.07. The second kappa shape index (κ2) is 7.13. The van der Waals surface area contributed by atoms with Crippen LogP contribution in [0.4, 0.5) is 0 Å². The predicted molar refractivity (Wildman–Crippen MR) is 85.0 cm³/mol. The highest BCUT2D eigenvalue weighted by Gasteiger charge is 2.24. The molecule has 1 heterocycles. The van der Waals surface area contributed by atoms with Crippen molar-refractivity contribution in [3.63, 3.8) is 0 Å². The molecule has 6 heteroatoms. The van der Waals surface area contributed by atoms with Gasteiger partial charge in [-0.1, -0.05) is 22.9 Å². The number of benzene rings is 1. The zero-order valence-corrected chi connectivity index (χ0v) is 13.9. The molecular formula is C15H21BrN2O3. The number of aromatic hydroxyl groups is 1. The second-order valence-corrected chi connectivity index (χ2v) is 6.06. The molecule has 1 unspecified atom stereocenters. The van der Waals surface area contributed by atoms with Gasteiger partial charge in [0.1, 0.15) is 0 Å². The van der Waals surface area contributed by atoms with E-state index in [1.807, 2.05) is 0 Å². The van der Waals surface area contributed by atoms with E-state index in [4.69, 9.17) is 4.74 Å². The van der Waals surface area contributed by atoms with E-state index in [1.54, 1.807) is 6.07 Å². The molecule has 1 aliphatic rings. The number of likely N-dealkylation sites (tertiary alicyclic amines) is 1. The number of hydrogen-bond donors (Lipinski definition) is 2. The maximum atomic E-state index is 12.3. The number of nitrogens with zero attached hydrogens (tertiary/aromatic N) is 1. The quantitative estimate of drug-likeness (QED) is 0.850. The van der Waals surface area contributed by atoms with Crippen molar-refractivity contribution in [2.45, 2.75) is 25.8 Å². The van der Waals surface area contributed by atoms with Crippen LogP contribution in [0.25, 0.3) is 0 Å². The van der Waals surface area contributed by atoms with Crippen molar-refractivity contribution in [2.24, 2.45) is 0 Å². The number of rotatable bonds is 5. The molecule has 116 valence electrons. The SMILES string of the molecule is CCN1CCCC1CNC(=O)c1cc(Br)cc(O)c1OC. The summed E-state index contributed by atoms with van der Waals surface area (Å²) in [6.45, 7) is 4.85. The van der Waals surface area contributed by atoms with Crippen molar-refractivity contribution < 1.29 is 14.6 Å². The van der Waals surface area contributed by atoms with Gasteiger partial charge in [-0.25, -0.2) is 0 Å². The molecule has 1 aromatic carbocycles. The molecule has 0 aliphatic carbocycles. The molecule has 1 aliphatic heterocycles. The molecule has 5 nitrogen and oxygen atoms in total. The monoisotopic (exact) mass is 356 g/mol. The van der Waals surface area contributed by atoms with Crippen molar-refractivity contribution in [1.29, 1.82) is 0 Å². The fourth-order valence-electron chi connectivity index (χ4n) is 2.81. The highest BCUT2D eigenvalue weighted by molar-refractivity contribution is 9.10. The van der Waals surface area contributed by atoms with Gasteiger partial charge in [0.15, 0.2) is 11.5 Å². The van der Waals surface area contributed by atoms with Gasteiger partial charge >= 0.3 is 0 Å². The van der Waals surface area contributed by atoms with Gasteiger partial charge in [-0.15, -0.1) is 0 Å². The van der Waals surface area contributed by atoms with E-state index in [0.717, 1.165) is 19.5 Å². The Morgan fingerprint density at radius 2 is 2.33 bits per heavy atom. The summed E-state index contributed by atoms with van der Waals surface area (Å²) in [5, 5.41) is 12.8. The highest BCUT2D eigenvalue weighted by atomic mass is 79.9. The number of halogens is 1.